The number of hydrogen-bond acceptors (Lipinski definition) is 4. The van der Waals surface area contributed by atoms with Crippen LogP contribution < -0.4 is 0 Å². The number of fused-ring (bicyclic) bond motifs is 4. The van der Waals surface area contributed by atoms with Crippen LogP contribution in [0.3, 0.4) is 0 Å². The van der Waals surface area contributed by atoms with E-state index >= 15 is 0 Å². The van der Waals surface area contributed by atoms with E-state index in [4.69, 9.17) is 19.4 Å². The first-order chi connectivity index (χ1) is 20.3. The zero-order valence-corrected chi connectivity index (χ0v) is 22.0. The summed E-state index contributed by atoms with van der Waals surface area (Å²) in [5.74, 6) is 1.88. The predicted molar refractivity (Wildman–Crippen MR) is 166 cm³/mol. The van der Waals surface area contributed by atoms with E-state index in [0.717, 1.165) is 38.6 Å². The molecule has 0 unspecified atom stereocenters. The third-order valence-corrected chi connectivity index (χ3v) is 7.53. The average molecular weight is 526 g/mol. The highest BCUT2D eigenvalue weighted by Gasteiger charge is 2.15. The molecule has 0 radical (unpaired) electrons. The summed E-state index contributed by atoms with van der Waals surface area (Å²) in [7, 11) is 0. The van der Waals surface area contributed by atoms with Crippen LogP contribution in [0.25, 0.3) is 78.0 Å². The van der Waals surface area contributed by atoms with Crippen LogP contribution in [0.5, 0.6) is 0 Å². The summed E-state index contributed by atoms with van der Waals surface area (Å²) in [6.45, 7) is 0. The topological polar surface area (TPSA) is 51.8 Å². The van der Waals surface area contributed by atoms with Crippen molar-refractivity contribution in [2.45, 2.75) is 0 Å². The molecule has 0 spiro atoms. The van der Waals surface area contributed by atoms with Gasteiger partial charge in [0.15, 0.2) is 17.5 Å². The van der Waals surface area contributed by atoms with Gasteiger partial charge in [-0.3, -0.25) is 0 Å². The molecule has 0 aliphatic rings. The van der Waals surface area contributed by atoms with E-state index in [1.54, 1.807) is 0 Å². The molecule has 4 heteroatoms. The van der Waals surface area contributed by atoms with Crippen molar-refractivity contribution in [1.82, 2.24) is 15.0 Å². The van der Waals surface area contributed by atoms with E-state index in [1.165, 1.54) is 21.9 Å². The van der Waals surface area contributed by atoms with Gasteiger partial charge in [-0.15, -0.1) is 0 Å². The van der Waals surface area contributed by atoms with Crippen LogP contribution >= 0.6 is 0 Å². The number of benzene rings is 6. The smallest absolute Gasteiger partial charge is 0.164 e. The minimum Gasteiger partial charge on any atom is -0.456 e. The zero-order chi connectivity index (χ0) is 27.2. The third-order valence-electron chi connectivity index (χ3n) is 7.53. The Kier molecular flexibility index (Phi) is 5.42. The molecule has 0 fully saturated rings. The maximum atomic E-state index is 6.35. The molecule has 0 saturated carbocycles. The van der Waals surface area contributed by atoms with Crippen molar-refractivity contribution in [2.24, 2.45) is 0 Å². The Balaban J connectivity index is 1.26. The fourth-order valence-corrected chi connectivity index (χ4v) is 5.50. The van der Waals surface area contributed by atoms with E-state index in [1.807, 2.05) is 66.7 Å². The quantitative estimate of drug-likeness (QED) is 0.230. The molecule has 0 atom stereocenters. The van der Waals surface area contributed by atoms with Gasteiger partial charge in [-0.1, -0.05) is 115 Å². The van der Waals surface area contributed by atoms with Crippen LogP contribution in [0, 0.1) is 0 Å². The minimum absolute atomic E-state index is 0.608. The predicted octanol–water partition coefficient (Wildman–Crippen LogP) is 9.59. The fraction of sp³-hybridized carbons (Fsp3) is 0. The molecule has 2 aromatic heterocycles. The van der Waals surface area contributed by atoms with Crippen molar-refractivity contribution < 1.29 is 4.42 Å². The highest BCUT2D eigenvalue weighted by molar-refractivity contribution is 6.08. The number of furan rings is 1. The summed E-state index contributed by atoms with van der Waals surface area (Å²) < 4.78 is 6.35. The van der Waals surface area contributed by atoms with Crippen molar-refractivity contribution in [3.8, 4) is 45.3 Å². The first-order valence-electron chi connectivity index (χ1n) is 13.6. The lowest BCUT2D eigenvalue weighted by Crippen LogP contribution is -2.00. The standard InChI is InChI=1S/C37H23N3O/c1-3-11-25(12-4-1)35-38-36(26-13-5-2-6-14-26)40-37(39-35)28-18-20-31-32-22-27(19-21-33(32)41-34(31)23-28)30-17-9-15-24-10-7-8-16-29(24)30/h1-23H. The summed E-state index contributed by atoms with van der Waals surface area (Å²) in [5.41, 5.74) is 6.80. The molecule has 0 aliphatic heterocycles. The molecule has 2 heterocycles. The zero-order valence-electron chi connectivity index (χ0n) is 22.0. The van der Waals surface area contributed by atoms with Crippen molar-refractivity contribution in [1.29, 1.82) is 0 Å². The van der Waals surface area contributed by atoms with Crippen LogP contribution in [0.15, 0.2) is 144 Å². The molecular weight excluding hydrogens is 502 g/mol. The molecule has 192 valence electrons. The van der Waals surface area contributed by atoms with Crippen molar-refractivity contribution in [3.63, 3.8) is 0 Å². The monoisotopic (exact) mass is 525 g/mol. The largest absolute Gasteiger partial charge is 0.456 e. The number of hydrogen-bond donors (Lipinski definition) is 0. The number of rotatable bonds is 4. The summed E-state index contributed by atoms with van der Waals surface area (Å²) >= 11 is 0. The van der Waals surface area contributed by atoms with Gasteiger partial charge < -0.3 is 4.42 Å². The molecule has 0 amide bonds. The van der Waals surface area contributed by atoms with Gasteiger partial charge in [0, 0.05) is 27.5 Å². The summed E-state index contributed by atoms with van der Waals surface area (Å²) in [6.07, 6.45) is 0. The van der Waals surface area contributed by atoms with Crippen molar-refractivity contribution >= 4 is 32.7 Å². The first kappa shape index (κ1) is 23.3. The lowest BCUT2D eigenvalue weighted by Gasteiger charge is -2.08. The Morgan fingerprint density at radius 3 is 1.71 bits per heavy atom. The van der Waals surface area contributed by atoms with E-state index in [2.05, 4.69) is 72.8 Å². The molecular formula is C37H23N3O. The number of aromatic nitrogens is 3. The van der Waals surface area contributed by atoms with Crippen molar-refractivity contribution in [3.05, 3.63) is 140 Å². The summed E-state index contributed by atoms with van der Waals surface area (Å²) in [6, 6.07) is 47.6. The van der Waals surface area contributed by atoms with Gasteiger partial charge in [0.2, 0.25) is 0 Å². The van der Waals surface area contributed by atoms with Crippen LogP contribution in [0.4, 0.5) is 0 Å². The SMILES string of the molecule is c1ccc(-c2nc(-c3ccccc3)nc(-c3ccc4c(c3)oc3ccc(-c5cccc6ccccc56)cc34)n2)cc1. The maximum Gasteiger partial charge on any atom is 0.164 e. The van der Waals surface area contributed by atoms with Gasteiger partial charge in [-0.25, -0.2) is 15.0 Å². The lowest BCUT2D eigenvalue weighted by atomic mass is 9.97. The lowest BCUT2D eigenvalue weighted by molar-refractivity contribution is 0.669. The third kappa shape index (κ3) is 4.14. The Bertz CT molecular complexity index is 2140. The van der Waals surface area contributed by atoms with Crippen molar-refractivity contribution in [2.75, 3.05) is 0 Å². The second-order valence-corrected chi connectivity index (χ2v) is 10.1. The molecule has 8 rings (SSSR count). The maximum absolute atomic E-state index is 6.35. The molecule has 8 aromatic rings. The highest BCUT2D eigenvalue weighted by Crippen LogP contribution is 2.36. The number of nitrogens with zero attached hydrogens (tertiary/aromatic N) is 3. The minimum atomic E-state index is 0.608. The molecule has 0 N–H and O–H groups in total. The first-order valence-corrected chi connectivity index (χ1v) is 13.6. The Labute approximate surface area is 236 Å². The molecule has 4 nitrogen and oxygen atoms in total. The Morgan fingerprint density at radius 2 is 0.976 bits per heavy atom. The fourth-order valence-electron chi connectivity index (χ4n) is 5.50. The molecule has 0 bridgehead atoms. The molecule has 41 heavy (non-hydrogen) atoms. The molecule has 6 aromatic carbocycles. The second-order valence-electron chi connectivity index (χ2n) is 10.1. The molecule has 0 aliphatic carbocycles. The Hall–Kier alpha value is -5.61. The second kappa shape index (κ2) is 9.54. The van der Waals surface area contributed by atoms with Gasteiger partial charge >= 0.3 is 0 Å². The van der Waals surface area contributed by atoms with Gasteiger partial charge in [0.25, 0.3) is 0 Å². The van der Waals surface area contributed by atoms with E-state index in [9.17, 15) is 0 Å². The summed E-state index contributed by atoms with van der Waals surface area (Å²) in [4.78, 5) is 14.6. The summed E-state index contributed by atoms with van der Waals surface area (Å²) in [5, 5.41) is 4.62. The van der Waals surface area contributed by atoms with Gasteiger partial charge in [0.1, 0.15) is 11.2 Å². The molecule has 0 saturated heterocycles. The highest BCUT2D eigenvalue weighted by atomic mass is 16.3. The van der Waals surface area contributed by atoms with E-state index < -0.39 is 0 Å². The van der Waals surface area contributed by atoms with Crippen LogP contribution in [-0.2, 0) is 0 Å². The van der Waals surface area contributed by atoms with E-state index in [-0.39, 0.29) is 0 Å². The normalized spacial score (nSPS) is 11.4. The van der Waals surface area contributed by atoms with Crippen LogP contribution in [-0.4, -0.2) is 15.0 Å². The van der Waals surface area contributed by atoms with Gasteiger partial charge in [0.05, 0.1) is 0 Å². The van der Waals surface area contributed by atoms with Gasteiger partial charge in [-0.05, 0) is 46.2 Å². The van der Waals surface area contributed by atoms with Crippen LogP contribution in [0.2, 0.25) is 0 Å². The van der Waals surface area contributed by atoms with Gasteiger partial charge in [-0.2, -0.15) is 0 Å². The van der Waals surface area contributed by atoms with E-state index in [0.29, 0.717) is 17.5 Å². The Morgan fingerprint density at radius 1 is 0.366 bits per heavy atom. The average Bonchev–Trinajstić information content (AvgIpc) is 3.42. The van der Waals surface area contributed by atoms with Crippen LogP contribution in [0.1, 0.15) is 0 Å².